The van der Waals surface area contributed by atoms with Gasteiger partial charge >= 0.3 is 0 Å². The average Bonchev–Trinajstić information content (AvgIpc) is 3.19. The summed E-state index contributed by atoms with van der Waals surface area (Å²) in [6.07, 6.45) is 3.35. The summed E-state index contributed by atoms with van der Waals surface area (Å²) in [7, 11) is -3.77. The van der Waals surface area contributed by atoms with Crippen LogP contribution in [0.3, 0.4) is 0 Å². The molecule has 0 spiro atoms. The first-order valence-electron chi connectivity index (χ1n) is 7.09. The Labute approximate surface area is 129 Å². The molecule has 2 aromatic heterocycles. The molecule has 2 heterocycles. The molecule has 1 aliphatic carbocycles. The summed E-state index contributed by atoms with van der Waals surface area (Å²) < 4.78 is 31.9. The van der Waals surface area contributed by atoms with Gasteiger partial charge in [0.1, 0.15) is 4.90 Å². The number of nitrogens with one attached hydrogen (secondary N) is 1. The smallest absolute Gasteiger partial charge is 0.277 e. The van der Waals surface area contributed by atoms with Gasteiger partial charge in [-0.1, -0.05) is 20.8 Å². The van der Waals surface area contributed by atoms with Gasteiger partial charge in [-0.25, -0.2) is 13.1 Å². The quantitative estimate of drug-likeness (QED) is 0.928. The van der Waals surface area contributed by atoms with E-state index >= 15 is 0 Å². The molecule has 8 heteroatoms. The van der Waals surface area contributed by atoms with E-state index < -0.39 is 10.0 Å². The number of rotatable bonds is 4. The number of hydrogen-bond acceptors (Lipinski definition) is 6. The minimum Gasteiger partial charge on any atom is -0.337 e. The van der Waals surface area contributed by atoms with Crippen molar-refractivity contribution in [1.82, 2.24) is 15.1 Å². The highest BCUT2D eigenvalue weighted by atomic mass is 32.2. The molecule has 0 saturated heterocycles. The van der Waals surface area contributed by atoms with Crippen molar-refractivity contribution >= 4 is 16.0 Å². The molecule has 7 nitrogen and oxygen atoms in total. The second-order valence-corrected chi connectivity index (χ2v) is 8.15. The van der Waals surface area contributed by atoms with E-state index in [0.29, 0.717) is 5.89 Å². The molecule has 118 valence electrons. The maximum atomic E-state index is 12.3. The van der Waals surface area contributed by atoms with Crippen molar-refractivity contribution in [1.29, 1.82) is 0 Å². The Kier molecular flexibility index (Phi) is 3.43. The first-order chi connectivity index (χ1) is 10.3. The van der Waals surface area contributed by atoms with Crippen molar-refractivity contribution in [3.8, 4) is 0 Å². The van der Waals surface area contributed by atoms with Crippen LogP contribution in [0.25, 0.3) is 0 Å². The van der Waals surface area contributed by atoms with Gasteiger partial charge in [-0.2, -0.15) is 4.98 Å². The molecule has 2 aromatic rings. The second-order valence-electron chi connectivity index (χ2n) is 6.47. The van der Waals surface area contributed by atoms with Crippen molar-refractivity contribution in [3.05, 3.63) is 29.9 Å². The molecular formula is C14H18N4O3S. The van der Waals surface area contributed by atoms with Gasteiger partial charge in [-0.15, -0.1) is 0 Å². The van der Waals surface area contributed by atoms with Gasteiger partial charge in [0.15, 0.2) is 0 Å². The molecule has 0 aliphatic heterocycles. The molecule has 1 aliphatic rings. The lowest BCUT2D eigenvalue weighted by Crippen LogP contribution is -2.17. The van der Waals surface area contributed by atoms with Crippen LogP contribution in [0.1, 0.15) is 51.1 Å². The molecule has 1 saturated carbocycles. The molecule has 0 radical (unpaired) electrons. The minimum atomic E-state index is -3.77. The van der Waals surface area contributed by atoms with Crippen LogP contribution in [0.5, 0.6) is 0 Å². The molecule has 0 atom stereocenters. The minimum absolute atomic E-state index is 0.0400. The van der Waals surface area contributed by atoms with E-state index in [2.05, 4.69) is 19.8 Å². The summed E-state index contributed by atoms with van der Waals surface area (Å²) in [5.41, 5.74) is 0.685. The fraction of sp³-hybridized carbons (Fsp3) is 0.500. The Balaban J connectivity index is 1.79. The fourth-order valence-corrected chi connectivity index (χ4v) is 2.81. The summed E-state index contributed by atoms with van der Waals surface area (Å²) in [6, 6.07) is 3.23. The van der Waals surface area contributed by atoms with Crippen molar-refractivity contribution in [2.45, 2.75) is 49.8 Å². The van der Waals surface area contributed by atoms with Crippen LogP contribution in [0, 0.1) is 0 Å². The highest BCUT2D eigenvalue weighted by molar-refractivity contribution is 7.92. The topological polar surface area (TPSA) is 98.0 Å². The van der Waals surface area contributed by atoms with E-state index in [9.17, 15) is 8.42 Å². The van der Waals surface area contributed by atoms with E-state index in [-0.39, 0.29) is 22.2 Å². The molecule has 0 aromatic carbocycles. The van der Waals surface area contributed by atoms with Gasteiger partial charge < -0.3 is 4.52 Å². The number of anilines is 1. The molecule has 1 fully saturated rings. The molecular weight excluding hydrogens is 304 g/mol. The number of pyridine rings is 1. The monoisotopic (exact) mass is 322 g/mol. The van der Waals surface area contributed by atoms with Crippen molar-refractivity contribution in [3.63, 3.8) is 0 Å². The first kappa shape index (κ1) is 15.0. The SMILES string of the molecule is CC(C)(C)c1ccc(S(=O)(=O)Nc2noc(C3CC3)n2)cn1. The standard InChI is InChI=1S/C14H18N4O3S/c1-14(2,3)11-7-6-10(8-15-11)22(19,20)18-13-16-12(21-17-13)9-4-5-9/h6-9H,4-5H2,1-3H3,(H,17,18). The Morgan fingerprint density at radius 1 is 1.27 bits per heavy atom. The number of sulfonamides is 1. The van der Waals surface area contributed by atoms with Crippen LogP contribution in [0.2, 0.25) is 0 Å². The highest BCUT2D eigenvalue weighted by Crippen LogP contribution is 2.39. The predicted octanol–water partition coefficient (Wildman–Crippen LogP) is 2.44. The van der Waals surface area contributed by atoms with Gasteiger partial charge in [0, 0.05) is 23.2 Å². The third-order valence-electron chi connectivity index (χ3n) is 3.41. The van der Waals surface area contributed by atoms with Crippen LogP contribution in [0.15, 0.2) is 27.7 Å². The fourth-order valence-electron chi connectivity index (χ4n) is 1.93. The number of nitrogens with zero attached hydrogens (tertiary/aromatic N) is 3. The van der Waals surface area contributed by atoms with Gasteiger partial charge in [-0.3, -0.25) is 4.98 Å². The highest BCUT2D eigenvalue weighted by Gasteiger charge is 2.30. The third kappa shape index (κ3) is 3.11. The van der Waals surface area contributed by atoms with Crippen LogP contribution in [-0.2, 0) is 15.4 Å². The van der Waals surface area contributed by atoms with E-state index in [1.807, 2.05) is 20.8 Å². The maximum absolute atomic E-state index is 12.3. The molecule has 0 unspecified atom stereocenters. The largest absolute Gasteiger partial charge is 0.337 e. The van der Waals surface area contributed by atoms with E-state index in [4.69, 9.17) is 4.52 Å². The van der Waals surface area contributed by atoms with Crippen LogP contribution < -0.4 is 4.72 Å². The van der Waals surface area contributed by atoms with Crippen LogP contribution >= 0.6 is 0 Å². The van der Waals surface area contributed by atoms with Crippen molar-refractivity contribution in [2.75, 3.05) is 4.72 Å². The number of hydrogen-bond donors (Lipinski definition) is 1. The van der Waals surface area contributed by atoms with Gasteiger partial charge in [-0.05, 0) is 30.1 Å². The Hall–Kier alpha value is -1.96. The van der Waals surface area contributed by atoms with Gasteiger partial charge in [0.2, 0.25) is 5.89 Å². The van der Waals surface area contributed by atoms with E-state index in [1.54, 1.807) is 6.07 Å². The Morgan fingerprint density at radius 3 is 2.55 bits per heavy atom. The van der Waals surface area contributed by atoms with Gasteiger partial charge in [0.05, 0.1) is 0 Å². The third-order valence-corrected chi connectivity index (χ3v) is 4.72. The lowest BCUT2D eigenvalue weighted by Gasteiger charge is -2.17. The Morgan fingerprint density at radius 2 is 2.00 bits per heavy atom. The zero-order valence-corrected chi connectivity index (χ0v) is 13.5. The van der Waals surface area contributed by atoms with Crippen molar-refractivity contribution < 1.29 is 12.9 Å². The Bertz CT molecular complexity index is 771. The second kappa shape index (κ2) is 5.05. The van der Waals surface area contributed by atoms with Gasteiger partial charge in [0.25, 0.3) is 16.0 Å². The average molecular weight is 322 g/mol. The van der Waals surface area contributed by atoms with Crippen molar-refractivity contribution in [2.24, 2.45) is 0 Å². The van der Waals surface area contributed by atoms with Crippen LogP contribution in [0.4, 0.5) is 5.95 Å². The molecule has 0 amide bonds. The molecule has 3 rings (SSSR count). The summed E-state index contributed by atoms with van der Waals surface area (Å²) in [4.78, 5) is 8.34. The molecule has 1 N–H and O–H groups in total. The first-order valence-corrected chi connectivity index (χ1v) is 8.57. The van der Waals surface area contributed by atoms with E-state index in [0.717, 1.165) is 18.5 Å². The summed E-state index contributed by atoms with van der Waals surface area (Å²) in [5.74, 6) is 0.721. The maximum Gasteiger partial charge on any atom is 0.277 e. The summed E-state index contributed by atoms with van der Waals surface area (Å²) >= 11 is 0. The zero-order valence-electron chi connectivity index (χ0n) is 12.7. The summed E-state index contributed by atoms with van der Waals surface area (Å²) in [5, 5.41) is 3.65. The summed E-state index contributed by atoms with van der Waals surface area (Å²) in [6.45, 7) is 6.04. The lowest BCUT2D eigenvalue weighted by molar-refractivity contribution is 0.380. The molecule has 22 heavy (non-hydrogen) atoms. The number of aromatic nitrogens is 3. The molecule has 0 bridgehead atoms. The van der Waals surface area contributed by atoms with Crippen LogP contribution in [-0.4, -0.2) is 23.5 Å². The predicted molar refractivity (Wildman–Crippen MR) is 80.0 cm³/mol. The van der Waals surface area contributed by atoms with E-state index in [1.165, 1.54) is 12.3 Å². The lowest BCUT2D eigenvalue weighted by atomic mass is 9.92. The zero-order chi connectivity index (χ0) is 16.0. The normalized spacial score (nSPS) is 15.8.